The SMILES string of the molecule is CC(C)CC(=O)NN=Cc1ccccc1[N+](=O)[O-]. The van der Waals surface area contributed by atoms with Crippen molar-refractivity contribution < 1.29 is 9.72 Å². The number of hydrogen-bond acceptors (Lipinski definition) is 4. The molecule has 96 valence electrons. The van der Waals surface area contributed by atoms with Crippen molar-refractivity contribution in [2.75, 3.05) is 0 Å². The molecule has 0 radical (unpaired) electrons. The molecule has 0 aliphatic rings. The topological polar surface area (TPSA) is 84.6 Å². The zero-order valence-electron chi connectivity index (χ0n) is 10.3. The summed E-state index contributed by atoms with van der Waals surface area (Å²) < 4.78 is 0. The highest BCUT2D eigenvalue weighted by Crippen LogP contribution is 2.14. The number of nitrogens with one attached hydrogen (secondary N) is 1. The predicted molar refractivity (Wildman–Crippen MR) is 68.3 cm³/mol. The van der Waals surface area contributed by atoms with Gasteiger partial charge in [0, 0.05) is 12.5 Å². The lowest BCUT2D eigenvalue weighted by Crippen LogP contribution is -2.19. The number of para-hydroxylation sites is 1. The average molecular weight is 249 g/mol. The van der Waals surface area contributed by atoms with E-state index in [9.17, 15) is 14.9 Å². The van der Waals surface area contributed by atoms with Crippen LogP contribution in [-0.2, 0) is 4.79 Å². The van der Waals surface area contributed by atoms with Crippen molar-refractivity contribution in [3.63, 3.8) is 0 Å². The van der Waals surface area contributed by atoms with Gasteiger partial charge in [0.1, 0.15) is 0 Å². The van der Waals surface area contributed by atoms with Crippen LogP contribution >= 0.6 is 0 Å². The molecule has 1 amide bonds. The fourth-order valence-corrected chi connectivity index (χ4v) is 1.35. The van der Waals surface area contributed by atoms with Crippen molar-refractivity contribution in [1.29, 1.82) is 0 Å². The Bertz CT molecular complexity index is 469. The van der Waals surface area contributed by atoms with Crippen molar-refractivity contribution in [2.24, 2.45) is 11.0 Å². The molecule has 1 aromatic rings. The first kappa shape index (κ1) is 13.8. The standard InChI is InChI=1S/C12H15N3O3/c1-9(2)7-12(16)14-13-8-10-5-3-4-6-11(10)15(17)18/h3-6,8-9H,7H2,1-2H3,(H,14,16). The molecule has 1 rings (SSSR count). The summed E-state index contributed by atoms with van der Waals surface area (Å²) in [4.78, 5) is 21.5. The van der Waals surface area contributed by atoms with Crippen LogP contribution in [0.15, 0.2) is 29.4 Å². The van der Waals surface area contributed by atoms with Gasteiger partial charge in [-0.3, -0.25) is 14.9 Å². The Balaban J connectivity index is 2.68. The zero-order chi connectivity index (χ0) is 13.5. The third-order valence-corrected chi connectivity index (χ3v) is 2.12. The van der Waals surface area contributed by atoms with Gasteiger partial charge in [0.15, 0.2) is 0 Å². The first-order valence-electron chi connectivity index (χ1n) is 5.56. The Hall–Kier alpha value is -2.24. The molecule has 0 saturated heterocycles. The third kappa shape index (κ3) is 4.32. The molecule has 0 fully saturated rings. The van der Waals surface area contributed by atoms with Gasteiger partial charge in [-0.25, -0.2) is 5.43 Å². The molecular formula is C12H15N3O3. The largest absolute Gasteiger partial charge is 0.278 e. The highest BCUT2D eigenvalue weighted by Gasteiger charge is 2.10. The van der Waals surface area contributed by atoms with Crippen LogP contribution in [0.5, 0.6) is 0 Å². The van der Waals surface area contributed by atoms with Crippen molar-refractivity contribution in [3.8, 4) is 0 Å². The van der Waals surface area contributed by atoms with Crippen LogP contribution in [0.2, 0.25) is 0 Å². The molecule has 18 heavy (non-hydrogen) atoms. The lowest BCUT2D eigenvalue weighted by atomic mass is 10.1. The minimum absolute atomic E-state index is 0.0423. The Morgan fingerprint density at radius 1 is 1.50 bits per heavy atom. The van der Waals surface area contributed by atoms with Crippen molar-refractivity contribution >= 4 is 17.8 Å². The summed E-state index contributed by atoms with van der Waals surface area (Å²) in [5.74, 6) is 0.0334. The maximum Gasteiger partial charge on any atom is 0.278 e. The maximum absolute atomic E-state index is 11.3. The summed E-state index contributed by atoms with van der Waals surface area (Å²) in [6.45, 7) is 3.84. The fourth-order valence-electron chi connectivity index (χ4n) is 1.35. The Morgan fingerprint density at radius 3 is 2.78 bits per heavy atom. The molecule has 1 aromatic carbocycles. The Morgan fingerprint density at radius 2 is 2.17 bits per heavy atom. The molecule has 0 aliphatic heterocycles. The molecule has 0 aliphatic carbocycles. The number of nitro benzene ring substituents is 1. The lowest BCUT2D eigenvalue weighted by Gasteiger charge is -2.02. The number of benzene rings is 1. The van der Waals surface area contributed by atoms with Gasteiger partial charge in [-0.15, -0.1) is 0 Å². The van der Waals surface area contributed by atoms with E-state index in [4.69, 9.17) is 0 Å². The van der Waals surface area contributed by atoms with Crippen LogP contribution in [0.3, 0.4) is 0 Å². The Labute approximate surface area is 105 Å². The minimum atomic E-state index is -0.489. The first-order chi connectivity index (χ1) is 8.50. The van der Waals surface area contributed by atoms with Gasteiger partial charge in [0.05, 0.1) is 16.7 Å². The van der Waals surface area contributed by atoms with E-state index in [0.717, 1.165) is 0 Å². The summed E-state index contributed by atoms with van der Waals surface area (Å²) in [6.07, 6.45) is 1.64. The molecule has 6 nitrogen and oxygen atoms in total. The van der Waals surface area contributed by atoms with Crippen molar-refractivity contribution in [2.45, 2.75) is 20.3 Å². The second kappa shape index (κ2) is 6.48. The number of hydrogen-bond donors (Lipinski definition) is 1. The van der Waals surface area contributed by atoms with Gasteiger partial charge in [0.25, 0.3) is 5.69 Å². The molecule has 0 atom stereocenters. The number of nitrogens with zero attached hydrogens (tertiary/aromatic N) is 2. The fraction of sp³-hybridized carbons (Fsp3) is 0.333. The van der Waals surface area contributed by atoms with E-state index in [1.807, 2.05) is 13.8 Å². The van der Waals surface area contributed by atoms with Gasteiger partial charge < -0.3 is 0 Å². The molecule has 0 unspecified atom stereocenters. The van der Waals surface area contributed by atoms with Crippen LogP contribution in [-0.4, -0.2) is 17.0 Å². The quantitative estimate of drug-likeness (QED) is 0.492. The van der Waals surface area contributed by atoms with Crippen LogP contribution in [0.1, 0.15) is 25.8 Å². The minimum Gasteiger partial charge on any atom is -0.273 e. The molecule has 0 saturated carbocycles. The summed E-state index contributed by atoms with van der Waals surface area (Å²) in [7, 11) is 0. The van der Waals surface area contributed by atoms with E-state index in [2.05, 4.69) is 10.5 Å². The van der Waals surface area contributed by atoms with E-state index in [0.29, 0.717) is 12.0 Å². The molecule has 0 aromatic heterocycles. The normalized spacial score (nSPS) is 10.8. The van der Waals surface area contributed by atoms with E-state index in [1.165, 1.54) is 12.3 Å². The molecule has 0 heterocycles. The highest BCUT2D eigenvalue weighted by molar-refractivity contribution is 5.86. The number of rotatable bonds is 5. The molecule has 1 N–H and O–H groups in total. The second-order valence-electron chi connectivity index (χ2n) is 4.21. The summed E-state index contributed by atoms with van der Waals surface area (Å²) in [5, 5.41) is 14.4. The number of carbonyl (C=O) groups excluding carboxylic acids is 1. The van der Waals surface area contributed by atoms with Crippen LogP contribution in [0, 0.1) is 16.0 Å². The summed E-state index contributed by atoms with van der Waals surface area (Å²) in [5.41, 5.74) is 2.65. The van der Waals surface area contributed by atoms with E-state index >= 15 is 0 Å². The van der Waals surface area contributed by atoms with E-state index in [-0.39, 0.29) is 17.5 Å². The van der Waals surface area contributed by atoms with Gasteiger partial charge in [-0.2, -0.15) is 5.10 Å². The molecule has 6 heteroatoms. The van der Waals surface area contributed by atoms with Crippen molar-refractivity contribution in [1.82, 2.24) is 5.43 Å². The zero-order valence-corrected chi connectivity index (χ0v) is 10.3. The summed E-state index contributed by atoms with van der Waals surface area (Å²) >= 11 is 0. The second-order valence-corrected chi connectivity index (χ2v) is 4.21. The number of nitro groups is 1. The lowest BCUT2D eigenvalue weighted by molar-refractivity contribution is -0.385. The van der Waals surface area contributed by atoms with Crippen LogP contribution < -0.4 is 5.43 Å². The number of amides is 1. The van der Waals surface area contributed by atoms with Gasteiger partial charge in [-0.05, 0) is 12.0 Å². The van der Waals surface area contributed by atoms with E-state index < -0.39 is 4.92 Å². The number of carbonyl (C=O) groups is 1. The average Bonchev–Trinajstić information content (AvgIpc) is 2.28. The van der Waals surface area contributed by atoms with E-state index in [1.54, 1.807) is 18.2 Å². The predicted octanol–water partition coefficient (Wildman–Crippen LogP) is 2.09. The smallest absolute Gasteiger partial charge is 0.273 e. The van der Waals surface area contributed by atoms with Crippen LogP contribution in [0.4, 0.5) is 5.69 Å². The monoisotopic (exact) mass is 249 g/mol. The first-order valence-corrected chi connectivity index (χ1v) is 5.56. The third-order valence-electron chi connectivity index (χ3n) is 2.12. The van der Waals surface area contributed by atoms with Gasteiger partial charge in [0.2, 0.25) is 5.91 Å². The summed E-state index contributed by atoms with van der Waals surface area (Å²) in [6, 6.07) is 6.20. The molecule has 0 bridgehead atoms. The highest BCUT2D eigenvalue weighted by atomic mass is 16.6. The molecule has 0 spiro atoms. The maximum atomic E-state index is 11.3. The Kier molecular flexibility index (Phi) is 4.98. The van der Waals surface area contributed by atoms with Crippen LogP contribution in [0.25, 0.3) is 0 Å². The molecular weight excluding hydrogens is 234 g/mol. The van der Waals surface area contributed by atoms with Gasteiger partial charge >= 0.3 is 0 Å². The van der Waals surface area contributed by atoms with Gasteiger partial charge in [-0.1, -0.05) is 26.0 Å². The van der Waals surface area contributed by atoms with Crippen molar-refractivity contribution in [3.05, 3.63) is 39.9 Å². The number of hydrazone groups is 1.